The number of morpholine rings is 1. The van der Waals surface area contributed by atoms with Crippen molar-refractivity contribution in [3.63, 3.8) is 0 Å². The van der Waals surface area contributed by atoms with Gasteiger partial charge in [0.2, 0.25) is 0 Å². The molecule has 0 aromatic heterocycles. The number of halogens is 1. The van der Waals surface area contributed by atoms with Crippen molar-refractivity contribution in [1.29, 1.82) is 0 Å². The lowest BCUT2D eigenvalue weighted by Gasteiger charge is -2.63. The van der Waals surface area contributed by atoms with Crippen LogP contribution < -0.4 is 10.6 Å². The van der Waals surface area contributed by atoms with Crippen LogP contribution in [-0.4, -0.2) is 69.5 Å². The molecule has 0 radical (unpaired) electrons. The predicted octanol–water partition coefficient (Wildman–Crippen LogP) is 2.32. The quantitative estimate of drug-likeness (QED) is 0.570. The van der Waals surface area contributed by atoms with Crippen molar-refractivity contribution in [3.05, 3.63) is 35.6 Å². The second-order valence-corrected chi connectivity index (χ2v) is 9.12. The van der Waals surface area contributed by atoms with E-state index in [2.05, 4.69) is 20.5 Å². The van der Waals surface area contributed by atoms with Gasteiger partial charge in [-0.3, -0.25) is 9.89 Å². The summed E-state index contributed by atoms with van der Waals surface area (Å²) in [5.74, 6) is 1.27. The van der Waals surface area contributed by atoms with Gasteiger partial charge in [-0.15, -0.1) is 0 Å². The van der Waals surface area contributed by atoms with E-state index in [0.29, 0.717) is 23.5 Å². The van der Waals surface area contributed by atoms with Crippen LogP contribution in [0.3, 0.4) is 0 Å². The summed E-state index contributed by atoms with van der Waals surface area (Å²) in [6, 6.07) is 7.48. The maximum atomic E-state index is 13.5. The Hall–Kier alpha value is -1.70. The van der Waals surface area contributed by atoms with E-state index in [1.165, 1.54) is 19.3 Å². The largest absolute Gasteiger partial charge is 0.379 e. The zero-order valence-electron chi connectivity index (χ0n) is 17.8. The lowest BCUT2D eigenvalue weighted by atomic mass is 9.46. The van der Waals surface area contributed by atoms with Crippen LogP contribution in [0.15, 0.2) is 29.3 Å². The zero-order valence-corrected chi connectivity index (χ0v) is 17.8. The highest BCUT2D eigenvalue weighted by Crippen LogP contribution is 2.62. The highest BCUT2D eigenvalue weighted by Gasteiger charge is 2.66. The summed E-state index contributed by atoms with van der Waals surface area (Å²) < 4.78 is 25.1. The first-order valence-corrected chi connectivity index (χ1v) is 11.4. The van der Waals surface area contributed by atoms with E-state index in [0.717, 1.165) is 57.4 Å². The van der Waals surface area contributed by atoms with E-state index in [9.17, 15) is 4.39 Å². The first kappa shape index (κ1) is 20.2. The van der Waals surface area contributed by atoms with Crippen LogP contribution in [0.25, 0.3) is 0 Å². The number of guanidine groups is 1. The highest BCUT2D eigenvalue weighted by molar-refractivity contribution is 5.80. The molecule has 4 atom stereocenters. The number of hydrogen-bond donors (Lipinski definition) is 2. The summed E-state index contributed by atoms with van der Waals surface area (Å²) in [5.41, 5.74) is 1.43. The zero-order chi connectivity index (χ0) is 20.6. The molecule has 5 rings (SSSR count). The Labute approximate surface area is 178 Å². The smallest absolute Gasteiger partial charge is 0.191 e. The molecule has 0 bridgehead atoms. The molecule has 164 valence electrons. The summed E-state index contributed by atoms with van der Waals surface area (Å²) in [6.07, 6.45) is 5.42. The average molecular weight is 417 g/mol. The van der Waals surface area contributed by atoms with Crippen molar-refractivity contribution >= 4 is 5.96 Å². The van der Waals surface area contributed by atoms with Crippen molar-refractivity contribution < 1.29 is 13.9 Å². The van der Waals surface area contributed by atoms with E-state index in [4.69, 9.17) is 9.47 Å². The summed E-state index contributed by atoms with van der Waals surface area (Å²) in [6.45, 7) is 4.84. The molecule has 2 saturated heterocycles. The van der Waals surface area contributed by atoms with Gasteiger partial charge in [-0.1, -0.05) is 18.6 Å². The number of fused-ring (bicyclic) bond motifs is 2. The molecule has 1 spiro atoms. The molecule has 2 N–H and O–H groups in total. The molecule has 6 nitrogen and oxygen atoms in total. The highest BCUT2D eigenvalue weighted by atomic mass is 19.1. The first-order chi connectivity index (χ1) is 14.7. The lowest BCUT2D eigenvalue weighted by molar-refractivity contribution is -0.171. The van der Waals surface area contributed by atoms with Crippen molar-refractivity contribution in [3.8, 4) is 0 Å². The van der Waals surface area contributed by atoms with Crippen molar-refractivity contribution in [2.45, 2.75) is 43.9 Å². The van der Waals surface area contributed by atoms with Crippen molar-refractivity contribution in [2.24, 2.45) is 16.3 Å². The van der Waals surface area contributed by atoms with Crippen LogP contribution in [-0.2, 0) is 9.47 Å². The maximum Gasteiger partial charge on any atom is 0.191 e. The van der Waals surface area contributed by atoms with Crippen LogP contribution in [0, 0.1) is 17.2 Å². The van der Waals surface area contributed by atoms with Gasteiger partial charge in [0.1, 0.15) is 5.82 Å². The molecule has 2 saturated carbocycles. The van der Waals surface area contributed by atoms with Crippen LogP contribution in [0.4, 0.5) is 4.39 Å². The van der Waals surface area contributed by atoms with E-state index < -0.39 is 0 Å². The number of benzene rings is 1. The fourth-order valence-electron chi connectivity index (χ4n) is 6.02. The van der Waals surface area contributed by atoms with Gasteiger partial charge >= 0.3 is 0 Å². The molecule has 30 heavy (non-hydrogen) atoms. The topological polar surface area (TPSA) is 58.1 Å². The van der Waals surface area contributed by atoms with Gasteiger partial charge in [-0.25, -0.2) is 4.39 Å². The maximum absolute atomic E-state index is 13.5. The van der Waals surface area contributed by atoms with E-state index in [1.807, 2.05) is 19.2 Å². The first-order valence-electron chi connectivity index (χ1n) is 11.4. The van der Waals surface area contributed by atoms with Crippen LogP contribution >= 0.6 is 0 Å². The summed E-state index contributed by atoms with van der Waals surface area (Å²) in [7, 11) is 1.84. The van der Waals surface area contributed by atoms with Gasteiger partial charge in [0.25, 0.3) is 0 Å². The van der Waals surface area contributed by atoms with Crippen molar-refractivity contribution in [1.82, 2.24) is 15.5 Å². The normalized spacial score (nSPS) is 31.5. The van der Waals surface area contributed by atoms with Crippen molar-refractivity contribution in [2.75, 3.05) is 46.5 Å². The molecule has 4 fully saturated rings. The minimum Gasteiger partial charge on any atom is -0.379 e. The van der Waals surface area contributed by atoms with Crippen LogP contribution in [0.5, 0.6) is 0 Å². The standard InChI is InChI=1S/C23H33FN4O2/c1-25-22(27-20-18-7-12-30-21(18)23(20)8-2-9-23)26-15-19(28-10-13-29-14-11-28)16-3-5-17(24)6-4-16/h3-6,18-21H,2,7-15H2,1H3,(H2,25,26,27). The molecule has 2 aliphatic heterocycles. The van der Waals surface area contributed by atoms with E-state index in [-0.39, 0.29) is 11.9 Å². The molecular weight excluding hydrogens is 383 g/mol. The second kappa shape index (κ2) is 8.44. The average Bonchev–Trinajstić information content (AvgIpc) is 3.16. The molecule has 0 amide bonds. The molecular formula is C23H33FN4O2. The predicted molar refractivity (Wildman–Crippen MR) is 114 cm³/mol. The number of aliphatic imine (C=N–C) groups is 1. The minimum absolute atomic E-state index is 0.148. The van der Waals surface area contributed by atoms with Gasteiger partial charge in [0.05, 0.1) is 25.4 Å². The Morgan fingerprint density at radius 3 is 2.67 bits per heavy atom. The fraction of sp³-hybridized carbons (Fsp3) is 0.696. The monoisotopic (exact) mass is 416 g/mol. The molecule has 4 aliphatic rings. The summed E-state index contributed by atoms with van der Waals surface area (Å²) in [4.78, 5) is 6.93. The van der Waals surface area contributed by atoms with E-state index in [1.54, 1.807) is 12.1 Å². The Morgan fingerprint density at radius 1 is 1.23 bits per heavy atom. The van der Waals surface area contributed by atoms with Crippen LogP contribution in [0.2, 0.25) is 0 Å². The van der Waals surface area contributed by atoms with Crippen LogP contribution in [0.1, 0.15) is 37.3 Å². The molecule has 4 unspecified atom stereocenters. The lowest BCUT2D eigenvalue weighted by Crippen LogP contribution is -2.72. The Bertz CT molecular complexity index is 761. The molecule has 1 aromatic carbocycles. The Balaban J connectivity index is 1.26. The third-order valence-electron chi connectivity index (χ3n) is 7.76. The SMILES string of the molecule is CN=C(NCC(c1ccc(F)cc1)N1CCOCC1)NC1C2CCOC2C12CCC2. The van der Waals surface area contributed by atoms with Gasteiger partial charge < -0.3 is 20.1 Å². The summed E-state index contributed by atoms with van der Waals surface area (Å²) in [5, 5.41) is 7.31. The molecule has 7 heteroatoms. The fourth-order valence-corrected chi connectivity index (χ4v) is 6.02. The van der Waals surface area contributed by atoms with Gasteiger partial charge in [0.15, 0.2) is 5.96 Å². The number of rotatable bonds is 5. The number of ether oxygens (including phenoxy) is 2. The third-order valence-corrected chi connectivity index (χ3v) is 7.76. The molecule has 2 aliphatic carbocycles. The number of hydrogen-bond acceptors (Lipinski definition) is 4. The Morgan fingerprint density at radius 2 is 2.00 bits per heavy atom. The minimum atomic E-state index is -0.200. The molecule has 1 aromatic rings. The number of nitrogens with zero attached hydrogens (tertiary/aromatic N) is 2. The molecule has 2 heterocycles. The number of nitrogens with one attached hydrogen (secondary N) is 2. The summed E-state index contributed by atoms with van der Waals surface area (Å²) >= 11 is 0. The van der Waals surface area contributed by atoms with Gasteiger partial charge in [-0.05, 0) is 37.0 Å². The van der Waals surface area contributed by atoms with Gasteiger partial charge in [-0.2, -0.15) is 0 Å². The van der Waals surface area contributed by atoms with E-state index >= 15 is 0 Å². The second-order valence-electron chi connectivity index (χ2n) is 9.12. The third kappa shape index (κ3) is 3.51. The Kier molecular flexibility index (Phi) is 5.69. The van der Waals surface area contributed by atoms with Gasteiger partial charge in [0, 0.05) is 50.7 Å².